The van der Waals surface area contributed by atoms with Gasteiger partial charge in [0.25, 0.3) is 5.91 Å². The first-order valence-corrected chi connectivity index (χ1v) is 7.36. The summed E-state index contributed by atoms with van der Waals surface area (Å²) in [5.41, 5.74) is 1.53. The van der Waals surface area contributed by atoms with Gasteiger partial charge in [-0.25, -0.2) is 9.78 Å². The number of carbonyl (C=O) groups excluding carboxylic acids is 1. The van der Waals surface area contributed by atoms with Gasteiger partial charge in [0.1, 0.15) is 5.01 Å². The highest BCUT2D eigenvalue weighted by molar-refractivity contribution is 9.10. The first kappa shape index (κ1) is 14.7. The van der Waals surface area contributed by atoms with Gasteiger partial charge in [-0.15, -0.1) is 11.3 Å². The van der Waals surface area contributed by atoms with E-state index in [4.69, 9.17) is 5.11 Å². The van der Waals surface area contributed by atoms with Crippen molar-refractivity contribution in [3.8, 4) is 0 Å². The van der Waals surface area contributed by atoms with Crippen LogP contribution in [0.3, 0.4) is 0 Å². The number of aromatic nitrogens is 1. The summed E-state index contributed by atoms with van der Waals surface area (Å²) in [6.45, 7) is 2.12. The van der Waals surface area contributed by atoms with Gasteiger partial charge >= 0.3 is 5.97 Å². The largest absolute Gasteiger partial charge is 0.476 e. The third kappa shape index (κ3) is 3.43. The number of carboxylic acids is 1. The van der Waals surface area contributed by atoms with E-state index in [9.17, 15) is 9.59 Å². The molecule has 2 N–H and O–H groups in total. The van der Waals surface area contributed by atoms with Gasteiger partial charge in [0.2, 0.25) is 0 Å². The highest BCUT2D eigenvalue weighted by atomic mass is 79.9. The molecule has 1 amide bonds. The van der Waals surface area contributed by atoms with Crippen molar-refractivity contribution in [1.29, 1.82) is 0 Å². The molecular formula is C13H11BrN2O3S. The number of nitrogens with zero attached hydrogens (tertiary/aromatic N) is 1. The van der Waals surface area contributed by atoms with Crippen LogP contribution in [0.15, 0.2) is 28.1 Å². The van der Waals surface area contributed by atoms with E-state index in [0.29, 0.717) is 10.6 Å². The second-order valence-electron chi connectivity index (χ2n) is 4.08. The number of hydrogen-bond acceptors (Lipinski definition) is 4. The van der Waals surface area contributed by atoms with Crippen molar-refractivity contribution in [2.45, 2.75) is 13.5 Å². The molecule has 1 aromatic carbocycles. The van der Waals surface area contributed by atoms with E-state index < -0.39 is 5.97 Å². The third-order valence-corrected chi connectivity index (χ3v) is 4.33. The number of hydrogen-bond donors (Lipinski definition) is 2. The Balaban J connectivity index is 2.00. The van der Waals surface area contributed by atoms with Crippen LogP contribution in [0.1, 0.15) is 31.4 Å². The first-order chi connectivity index (χ1) is 9.47. The van der Waals surface area contributed by atoms with E-state index >= 15 is 0 Å². The van der Waals surface area contributed by atoms with Crippen LogP contribution in [0.5, 0.6) is 0 Å². The van der Waals surface area contributed by atoms with E-state index in [-0.39, 0.29) is 18.1 Å². The number of rotatable bonds is 4. The average molecular weight is 355 g/mol. The fourth-order valence-electron chi connectivity index (χ4n) is 1.53. The lowest BCUT2D eigenvalue weighted by Gasteiger charge is -2.05. The van der Waals surface area contributed by atoms with Crippen LogP contribution in [-0.4, -0.2) is 22.0 Å². The maximum Gasteiger partial charge on any atom is 0.355 e. The molecule has 0 unspecified atom stereocenters. The predicted octanol–water partition coefficient (Wildman–Crippen LogP) is 2.84. The highest BCUT2D eigenvalue weighted by Crippen LogP contribution is 2.17. The Bertz CT molecular complexity index is 669. The van der Waals surface area contributed by atoms with E-state index in [1.165, 1.54) is 16.7 Å². The van der Waals surface area contributed by atoms with Crippen molar-refractivity contribution >= 4 is 39.1 Å². The summed E-state index contributed by atoms with van der Waals surface area (Å²) < 4.78 is 0.945. The number of amides is 1. The van der Waals surface area contributed by atoms with Crippen molar-refractivity contribution in [1.82, 2.24) is 10.3 Å². The lowest BCUT2D eigenvalue weighted by Crippen LogP contribution is -2.22. The summed E-state index contributed by atoms with van der Waals surface area (Å²) in [7, 11) is 0. The summed E-state index contributed by atoms with van der Waals surface area (Å²) in [5.74, 6) is -1.28. The summed E-state index contributed by atoms with van der Waals surface area (Å²) in [6, 6.07) is 5.32. The van der Waals surface area contributed by atoms with Gasteiger partial charge in [-0.1, -0.05) is 15.9 Å². The van der Waals surface area contributed by atoms with Gasteiger partial charge in [-0.05, 0) is 30.7 Å². The first-order valence-electron chi connectivity index (χ1n) is 5.69. The third-order valence-electron chi connectivity index (χ3n) is 2.59. The molecule has 2 aromatic rings. The minimum absolute atomic E-state index is 0.00117. The van der Waals surface area contributed by atoms with Gasteiger partial charge < -0.3 is 10.4 Å². The molecule has 0 aliphatic carbocycles. The maximum absolute atomic E-state index is 12.0. The zero-order chi connectivity index (χ0) is 14.7. The van der Waals surface area contributed by atoms with Crippen LogP contribution in [0.2, 0.25) is 0 Å². The van der Waals surface area contributed by atoms with E-state index in [2.05, 4.69) is 26.2 Å². The molecule has 7 heteroatoms. The Kier molecular flexibility index (Phi) is 4.51. The van der Waals surface area contributed by atoms with Crippen LogP contribution < -0.4 is 5.32 Å². The topological polar surface area (TPSA) is 79.3 Å². The lowest BCUT2D eigenvalue weighted by molar-refractivity contribution is 0.0691. The molecule has 1 aromatic heterocycles. The molecule has 0 bridgehead atoms. The molecule has 0 radical (unpaired) electrons. The molecule has 104 valence electrons. The van der Waals surface area contributed by atoms with Gasteiger partial charge in [0, 0.05) is 15.4 Å². The number of thiazole rings is 1. The van der Waals surface area contributed by atoms with Crippen molar-refractivity contribution < 1.29 is 14.7 Å². The lowest BCUT2D eigenvalue weighted by atomic mass is 10.1. The van der Waals surface area contributed by atoms with Crippen LogP contribution in [0.4, 0.5) is 0 Å². The van der Waals surface area contributed by atoms with E-state index in [1.807, 2.05) is 13.0 Å². The maximum atomic E-state index is 12.0. The summed E-state index contributed by atoms with van der Waals surface area (Å²) >= 11 is 4.58. The second-order valence-corrected chi connectivity index (χ2v) is 5.88. The molecule has 1 heterocycles. The van der Waals surface area contributed by atoms with E-state index in [1.54, 1.807) is 12.1 Å². The van der Waals surface area contributed by atoms with Gasteiger partial charge in [0.15, 0.2) is 5.69 Å². The standard InChI is InChI=1S/C13H11BrN2O3S/c1-7-4-8(2-3-9(7)14)12(17)15-5-11-16-10(6-20-11)13(18)19/h2-4,6H,5H2,1H3,(H,15,17)(H,18,19). The zero-order valence-electron chi connectivity index (χ0n) is 10.5. The van der Waals surface area contributed by atoms with E-state index in [0.717, 1.165) is 10.0 Å². The Morgan fingerprint density at radius 3 is 2.80 bits per heavy atom. The summed E-state index contributed by atoms with van der Waals surface area (Å²) in [6.07, 6.45) is 0. The molecule has 2 rings (SSSR count). The number of carbonyl (C=O) groups is 2. The smallest absolute Gasteiger partial charge is 0.355 e. The Morgan fingerprint density at radius 2 is 2.20 bits per heavy atom. The monoisotopic (exact) mass is 354 g/mol. The molecule has 0 saturated heterocycles. The van der Waals surface area contributed by atoms with Crippen molar-refractivity contribution in [2.75, 3.05) is 0 Å². The molecule has 0 atom stereocenters. The van der Waals surface area contributed by atoms with Crippen LogP contribution in [0, 0.1) is 6.92 Å². The Labute approximate surface area is 127 Å². The molecule has 20 heavy (non-hydrogen) atoms. The quantitative estimate of drug-likeness (QED) is 0.884. The summed E-state index contributed by atoms with van der Waals surface area (Å²) in [4.78, 5) is 26.6. The van der Waals surface area contributed by atoms with Gasteiger partial charge in [-0.3, -0.25) is 4.79 Å². The van der Waals surface area contributed by atoms with Gasteiger partial charge in [-0.2, -0.15) is 0 Å². The van der Waals surface area contributed by atoms with Crippen LogP contribution >= 0.6 is 27.3 Å². The minimum atomic E-state index is -1.07. The van der Waals surface area contributed by atoms with Crippen LogP contribution in [-0.2, 0) is 6.54 Å². The van der Waals surface area contributed by atoms with Crippen molar-refractivity contribution in [3.63, 3.8) is 0 Å². The second kappa shape index (κ2) is 6.15. The van der Waals surface area contributed by atoms with Gasteiger partial charge in [0.05, 0.1) is 6.54 Å². The van der Waals surface area contributed by atoms with Crippen molar-refractivity contribution in [2.24, 2.45) is 0 Å². The molecule has 0 aliphatic heterocycles. The molecular weight excluding hydrogens is 344 g/mol. The summed E-state index contributed by atoms with van der Waals surface area (Å²) in [5, 5.41) is 13.5. The Hall–Kier alpha value is -1.73. The molecule has 0 spiro atoms. The normalized spacial score (nSPS) is 10.3. The average Bonchev–Trinajstić information content (AvgIpc) is 2.88. The molecule has 0 saturated carbocycles. The minimum Gasteiger partial charge on any atom is -0.476 e. The number of benzene rings is 1. The van der Waals surface area contributed by atoms with Crippen LogP contribution in [0.25, 0.3) is 0 Å². The van der Waals surface area contributed by atoms with Crippen molar-refractivity contribution in [3.05, 3.63) is 49.9 Å². The number of halogens is 1. The fraction of sp³-hybridized carbons (Fsp3) is 0.154. The zero-order valence-corrected chi connectivity index (χ0v) is 12.9. The number of aryl methyl sites for hydroxylation is 1. The highest BCUT2D eigenvalue weighted by Gasteiger charge is 2.11. The SMILES string of the molecule is Cc1cc(C(=O)NCc2nc(C(=O)O)cs2)ccc1Br. The predicted molar refractivity (Wildman–Crippen MR) is 79.1 cm³/mol. The molecule has 5 nitrogen and oxygen atoms in total. The fourth-order valence-corrected chi connectivity index (χ4v) is 2.49. The number of carboxylic acid groups (broad SMARTS) is 1. The number of aromatic carboxylic acids is 1. The Morgan fingerprint density at radius 1 is 1.45 bits per heavy atom. The molecule has 0 aliphatic rings. The number of nitrogens with one attached hydrogen (secondary N) is 1. The molecule has 0 fully saturated rings.